The van der Waals surface area contributed by atoms with Crippen LogP contribution in [0.1, 0.15) is 19.3 Å². The lowest BCUT2D eigenvalue weighted by molar-refractivity contribution is 0.337. The Kier molecular flexibility index (Phi) is 4.68. The molecule has 1 heterocycles. The number of rotatable bonds is 6. The van der Waals surface area contributed by atoms with Crippen LogP contribution in [-0.2, 0) is 0 Å². The minimum Gasteiger partial charge on any atom is -0.497 e. The Balaban J connectivity index is 1.63. The first-order valence-electron chi connectivity index (χ1n) is 6.49. The van der Waals surface area contributed by atoms with E-state index in [9.17, 15) is 0 Å². The van der Waals surface area contributed by atoms with Crippen molar-refractivity contribution in [2.24, 2.45) is 0 Å². The second-order valence-corrected chi connectivity index (χ2v) is 4.56. The lowest BCUT2D eigenvalue weighted by Crippen LogP contribution is -2.22. The van der Waals surface area contributed by atoms with Crippen molar-refractivity contribution in [3.63, 3.8) is 0 Å². The molecule has 94 valence electrons. The molecule has 1 fully saturated rings. The van der Waals surface area contributed by atoms with E-state index >= 15 is 0 Å². The molecule has 1 aromatic rings. The van der Waals surface area contributed by atoms with E-state index in [1.807, 2.05) is 12.1 Å². The summed E-state index contributed by atoms with van der Waals surface area (Å²) < 4.78 is 5.13. The lowest BCUT2D eigenvalue weighted by Gasteiger charge is -2.14. The van der Waals surface area contributed by atoms with Gasteiger partial charge in [-0.1, -0.05) is 0 Å². The van der Waals surface area contributed by atoms with Crippen LogP contribution in [0.5, 0.6) is 5.75 Å². The van der Waals surface area contributed by atoms with Crippen LogP contribution in [0.3, 0.4) is 0 Å². The van der Waals surface area contributed by atoms with Gasteiger partial charge >= 0.3 is 0 Å². The van der Waals surface area contributed by atoms with Gasteiger partial charge in [0.15, 0.2) is 0 Å². The highest BCUT2D eigenvalue weighted by Crippen LogP contribution is 2.15. The normalized spacial score (nSPS) is 16.1. The Morgan fingerprint density at radius 1 is 1.18 bits per heavy atom. The summed E-state index contributed by atoms with van der Waals surface area (Å²) in [4.78, 5) is 2.55. The van der Waals surface area contributed by atoms with E-state index in [1.54, 1.807) is 7.11 Å². The SMILES string of the molecule is COc1ccc(NCCCN2CCCC2)cc1. The Hall–Kier alpha value is -1.22. The zero-order chi connectivity index (χ0) is 11.9. The van der Waals surface area contributed by atoms with Gasteiger partial charge in [0.05, 0.1) is 7.11 Å². The standard InChI is InChI=1S/C14H22N2O/c1-17-14-7-5-13(6-8-14)15-9-4-12-16-10-2-3-11-16/h5-8,15H,2-4,9-12H2,1H3. The molecule has 1 aliphatic rings. The highest BCUT2D eigenvalue weighted by atomic mass is 16.5. The molecule has 1 aliphatic heterocycles. The summed E-state index contributed by atoms with van der Waals surface area (Å²) in [7, 11) is 1.69. The number of hydrogen-bond donors (Lipinski definition) is 1. The van der Waals surface area contributed by atoms with Crippen molar-refractivity contribution < 1.29 is 4.74 Å². The first-order chi connectivity index (χ1) is 8.38. The van der Waals surface area contributed by atoms with Crippen LogP contribution in [0.15, 0.2) is 24.3 Å². The van der Waals surface area contributed by atoms with E-state index in [1.165, 1.54) is 44.6 Å². The van der Waals surface area contributed by atoms with Gasteiger partial charge in [0.25, 0.3) is 0 Å². The van der Waals surface area contributed by atoms with Crippen LogP contribution in [0, 0.1) is 0 Å². The largest absolute Gasteiger partial charge is 0.497 e. The average molecular weight is 234 g/mol. The summed E-state index contributed by atoms with van der Waals surface area (Å²) in [5.74, 6) is 0.910. The number of benzene rings is 1. The fourth-order valence-electron chi connectivity index (χ4n) is 2.25. The minimum absolute atomic E-state index is 0.910. The number of nitrogens with one attached hydrogen (secondary N) is 1. The molecule has 3 heteroatoms. The number of ether oxygens (including phenoxy) is 1. The Morgan fingerprint density at radius 3 is 2.53 bits per heavy atom. The number of likely N-dealkylation sites (tertiary alicyclic amines) is 1. The van der Waals surface area contributed by atoms with Crippen molar-refractivity contribution in [2.75, 3.05) is 38.6 Å². The molecule has 1 N–H and O–H groups in total. The number of anilines is 1. The predicted molar refractivity (Wildman–Crippen MR) is 71.8 cm³/mol. The summed E-state index contributed by atoms with van der Waals surface area (Å²) in [5, 5.41) is 3.44. The van der Waals surface area contributed by atoms with Gasteiger partial charge in [0.2, 0.25) is 0 Å². The zero-order valence-electron chi connectivity index (χ0n) is 10.6. The quantitative estimate of drug-likeness (QED) is 0.766. The van der Waals surface area contributed by atoms with E-state index in [4.69, 9.17) is 4.74 Å². The third-order valence-electron chi connectivity index (χ3n) is 3.27. The first-order valence-corrected chi connectivity index (χ1v) is 6.49. The van der Waals surface area contributed by atoms with Crippen LogP contribution < -0.4 is 10.1 Å². The summed E-state index contributed by atoms with van der Waals surface area (Å²) in [6, 6.07) is 8.11. The minimum atomic E-state index is 0.910. The Labute approximate surface area is 104 Å². The zero-order valence-corrected chi connectivity index (χ0v) is 10.6. The molecule has 1 aromatic carbocycles. The highest BCUT2D eigenvalue weighted by Gasteiger charge is 2.09. The van der Waals surface area contributed by atoms with Crippen molar-refractivity contribution in [3.8, 4) is 5.75 Å². The van der Waals surface area contributed by atoms with Crippen LogP contribution in [0.2, 0.25) is 0 Å². The van der Waals surface area contributed by atoms with E-state index in [0.29, 0.717) is 0 Å². The van der Waals surface area contributed by atoms with Gasteiger partial charge in [-0.15, -0.1) is 0 Å². The fraction of sp³-hybridized carbons (Fsp3) is 0.571. The maximum atomic E-state index is 5.13. The van der Waals surface area contributed by atoms with Gasteiger partial charge in [-0.3, -0.25) is 0 Å². The molecule has 0 aliphatic carbocycles. The van der Waals surface area contributed by atoms with Crippen LogP contribution in [0.4, 0.5) is 5.69 Å². The number of nitrogens with zero attached hydrogens (tertiary/aromatic N) is 1. The average Bonchev–Trinajstić information content (AvgIpc) is 2.88. The fourth-order valence-corrected chi connectivity index (χ4v) is 2.25. The molecule has 17 heavy (non-hydrogen) atoms. The molecule has 2 rings (SSSR count). The Morgan fingerprint density at radius 2 is 1.88 bits per heavy atom. The third-order valence-corrected chi connectivity index (χ3v) is 3.27. The van der Waals surface area contributed by atoms with Crippen molar-refractivity contribution in [2.45, 2.75) is 19.3 Å². The highest BCUT2D eigenvalue weighted by molar-refractivity contribution is 5.46. The molecule has 1 saturated heterocycles. The molecule has 0 bridgehead atoms. The van der Waals surface area contributed by atoms with Crippen LogP contribution >= 0.6 is 0 Å². The van der Waals surface area contributed by atoms with Crippen LogP contribution in [-0.4, -0.2) is 38.2 Å². The monoisotopic (exact) mass is 234 g/mol. The van der Waals surface area contributed by atoms with Gasteiger partial charge in [0.1, 0.15) is 5.75 Å². The van der Waals surface area contributed by atoms with Crippen LogP contribution in [0.25, 0.3) is 0 Å². The molecule has 0 saturated carbocycles. The summed E-state index contributed by atoms with van der Waals surface area (Å²) in [6.45, 7) is 4.86. The number of hydrogen-bond acceptors (Lipinski definition) is 3. The van der Waals surface area contributed by atoms with Gasteiger partial charge in [-0.05, 0) is 63.2 Å². The topological polar surface area (TPSA) is 24.5 Å². The molecule has 0 spiro atoms. The Bertz CT molecular complexity index is 317. The summed E-state index contributed by atoms with van der Waals surface area (Å²) >= 11 is 0. The summed E-state index contributed by atoms with van der Waals surface area (Å²) in [6.07, 6.45) is 3.98. The molecule has 0 amide bonds. The van der Waals surface area contributed by atoms with Crippen molar-refractivity contribution in [3.05, 3.63) is 24.3 Å². The molecule has 0 radical (unpaired) electrons. The van der Waals surface area contributed by atoms with E-state index < -0.39 is 0 Å². The summed E-state index contributed by atoms with van der Waals surface area (Å²) in [5.41, 5.74) is 1.17. The molecule has 0 unspecified atom stereocenters. The van der Waals surface area contributed by atoms with Crippen molar-refractivity contribution >= 4 is 5.69 Å². The van der Waals surface area contributed by atoms with E-state index in [2.05, 4.69) is 22.3 Å². The predicted octanol–water partition coefficient (Wildman–Crippen LogP) is 2.59. The second-order valence-electron chi connectivity index (χ2n) is 4.56. The smallest absolute Gasteiger partial charge is 0.119 e. The lowest BCUT2D eigenvalue weighted by atomic mass is 10.3. The second kappa shape index (κ2) is 6.50. The maximum Gasteiger partial charge on any atom is 0.119 e. The molecule has 0 aromatic heterocycles. The maximum absolute atomic E-state index is 5.13. The van der Waals surface area contributed by atoms with Gasteiger partial charge in [-0.2, -0.15) is 0 Å². The van der Waals surface area contributed by atoms with Gasteiger partial charge in [-0.25, -0.2) is 0 Å². The molecular weight excluding hydrogens is 212 g/mol. The molecular formula is C14H22N2O. The first kappa shape index (κ1) is 12.2. The number of methoxy groups -OCH3 is 1. The van der Waals surface area contributed by atoms with Crippen molar-refractivity contribution in [1.29, 1.82) is 0 Å². The molecule has 3 nitrogen and oxygen atoms in total. The van der Waals surface area contributed by atoms with E-state index in [-0.39, 0.29) is 0 Å². The third kappa shape index (κ3) is 3.93. The molecule has 0 atom stereocenters. The van der Waals surface area contributed by atoms with E-state index in [0.717, 1.165) is 12.3 Å². The van der Waals surface area contributed by atoms with Gasteiger partial charge < -0.3 is 15.0 Å². The van der Waals surface area contributed by atoms with Crippen molar-refractivity contribution in [1.82, 2.24) is 4.90 Å². The van der Waals surface area contributed by atoms with Gasteiger partial charge in [0, 0.05) is 12.2 Å².